The van der Waals surface area contributed by atoms with Gasteiger partial charge >= 0.3 is 0 Å². The second kappa shape index (κ2) is 10.0. The minimum absolute atomic E-state index is 0.0101. The van der Waals surface area contributed by atoms with Gasteiger partial charge in [0.15, 0.2) is 17.3 Å². The quantitative estimate of drug-likeness (QED) is 0.186. The number of hydrogen-bond acceptors (Lipinski definition) is 7. The van der Waals surface area contributed by atoms with Gasteiger partial charge in [0, 0.05) is 51.8 Å². The van der Waals surface area contributed by atoms with E-state index < -0.39 is 5.82 Å². The number of carbonyl (C=O) groups is 2. The van der Waals surface area contributed by atoms with Gasteiger partial charge in [0.25, 0.3) is 0 Å². The van der Waals surface area contributed by atoms with Crippen LogP contribution in [0.3, 0.4) is 0 Å². The van der Waals surface area contributed by atoms with Crippen LogP contribution in [0.5, 0.6) is 0 Å². The van der Waals surface area contributed by atoms with E-state index in [0.29, 0.717) is 61.7 Å². The van der Waals surface area contributed by atoms with Crippen LogP contribution in [0, 0.1) is 11.2 Å². The van der Waals surface area contributed by atoms with Crippen LogP contribution in [0.25, 0.3) is 55.2 Å². The van der Waals surface area contributed by atoms with E-state index >= 15 is 4.39 Å². The van der Waals surface area contributed by atoms with Gasteiger partial charge in [-0.15, -0.1) is 11.3 Å². The number of aromatic amines is 2. The lowest BCUT2D eigenvalue weighted by atomic mass is 9.92. The molecule has 5 heterocycles. The molecule has 0 bridgehead atoms. The maximum Gasteiger partial charge on any atom is 0.224 e. The zero-order chi connectivity index (χ0) is 28.9. The van der Waals surface area contributed by atoms with Gasteiger partial charge in [-0.3, -0.25) is 19.7 Å². The lowest BCUT2D eigenvalue weighted by Crippen LogP contribution is -2.19. The Morgan fingerprint density at radius 3 is 2.66 bits per heavy atom. The van der Waals surface area contributed by atoms with Crippen LogP contribution in [0.1, 0.15) is 43.8 Å². The predicted molar refractivity (Wildman–Crippen MR) is 158 cm³/mol. The van der Waals surface area contributed by atoms with E-state index in [0.717, 1.165) is 10.4 Å². The zero-order valence-corrected chi connectivity index (χ0v) is 23.6. The molecule has 0 aliphatic heterocycles. The van der Waals surface area contributed by atoms with E-state index in [4.69, 9.17) is 0 Å². The molecule has 0 fully saturated rings. The van der Waals surface area contributed by atoms with Crippen LogP contribution < -0.4 is 5.32 Å². The number of H-pyrrole nitrogens is 2. The highest BCUT2D eigenvalue weighted by atomic mass is 32.1. The number of anilines is 1. The van der Waals surface area contributed by atoms with Gasteiger partial charge in [-0.05, 0) is 42.7 Å². The average molecular weight is 568 g/mol. The molecule has 206 valence electrons. The number of rotatable bonds is 6. The average Bonchev–Trinajstić information content (AvgIpc) is 3.64. The summed E-state index contributed by atoms with van der Waals surface area (Å²) in [7, 11) is 0. The van der Waals surface area contributed by atoms with E-state index in [1.54, 1.807) is 31.5 Å². The van der Waals surface area contributed by atoms with Crippen LogP contribution in [0.15, 0.2) is 55.0 Å². The van der Waals surface area contributed by atoms with E-state index in [-0.39, 0.29) is 17.1 Å². The second-order valence-corrected chi connectivity index (χ2v) is 12.1. The van der Waals surface area contributed by atoms with Gasteiger partial charge in [0.2, 0.25) is 5.91 Å². The number of imidazole rings is 1. The summed E-state index contributed by atoms with van der Waals surface area (Å²) in [6.07, 6.45) is 5.10. The van der Waals surface area contributed by atoms with Gasteiger partial charge in [-0.2, -0.15) is 5.10 Å². The summed E-state index contributed by atoms with van der Waals surface area (Å²) >= 11 is 1.41. The summed E-state index contributed by atoms with van der Waals surface area (Å²) in [6.45, 7) is 7.50. The van der Waals surface area contributed by atoms with Crippen LogP contribution in [0.4, 0.5) is 10.1 Å². The molecular weight excluding hydrogens is 541 g/mol. The number of nitrogens with zero attached hydrogens (tertiary/aromatic N) is 4. The number of carbonyl (C=O) groups excluding carboxylic acids is 2. The van der Waals surface area contributed by atoms with Crippen molar-refractivity contribution in [2.24, 2.45) is 5.41 Å². The molecule has 0 aliphatic rings. The van der Waals surface area contributed by atoms with Crippen LogP contribution in [0.2, 0.25) is 0 Å². The molecule has 0 saturated heterocycles. The number of halogens is 1. The van der Waals surface area contributed by atoms with Gasteiger partial charge in [0.05, 0.1) is 27.8 Å². The molecule has 11 heteroatoms. The lowest BCUT2D eigenvalue weighted by molar-refractivity contribution is -0.117. The summed E-state index contributed by atoms with van der Waals surface area (Å²) in [4.78, 5) is 42.5. The Balaban J connectivity index is 1.39. The fourth-order valence-corrected chi connectivity index (χ4v) is 5.62. The van der Waals surface area contributed by atoms with E-state index in [9.17, 15) is 9.59 Å². The van der Waals surface area contributed by atoms with E-state index in [2.05, 4.69) is 35.5 Å². The third-order valence-corrected chi connectivity index (χ3v) is 7.73. The van der Waals surface area contributed by atoms with Crippen molar-refractivity contribution in [2.75, 3.05) is 5.32 Å². The number of pyridine rings is 2. The molecule has 5 aromatic heterocycles. The minimum atomic E-state index is -0.458. The van der Waals surface area contributed by atoms with E-state index in [1.165, 1.54) is 23.6 Å². The number of nitrogens with one attached hydrogen (secondary N) is 3. The van der Waals surface area contributed by atoms with Crippen molar-refractivity contribution < 1.29 is 14.0 Å². The standard InChI is InChI=1S/C30H26FN7O2S/c1-15(39)23-5-6-24(41-23)18-7-8-33-28-26(18)35-29(36-28)27-20-10-19(21(31)11-22(20)37-38-27)16-9-17(14-32-13-16)34-25(40)12-30(2,3)4/h5-11,13-14H,12H2,1-4H3,(H,34,40)(H,37,38)(H,33,35,36). The first-order valence-electron chi connectivity index (χ1n) is 12.9. The van der Waals surface area contributed by atoms with Crippen LogP contribution in [-0.2, 0) is 4.79 Å². The topological polar surface area (TPSA) is 129 Å². The molecule has 6 aromatic rings. The highest BCUT2D eigenvalue weighted by Crippen LogP contribution is 2.36. The van der Waals surface area contributed by atoms with Crippen molar-refractivity contribution in [1.82, 2.24) is 30.1 Å². The molecule has 0 unspecified atom stereocenters. The van der Waals surface area contributed by atoms with Gasteiger partial charge < -0.3 is 10.3 Å². The minimum Gasteiger partial charge on any atom is -0.335 e. The fourth-order valence-electron chi connectivity index (χ4n) is 4.68. The molecule has 1 amide bonds. The molecule has 9 nitrogen and oxygen atoms in total. The zero-order valence-electron chi connectivity index (χ0n) is 22.8. The number of thiophene rings is 1. The Labute approximate surface area is 238 Å². The Bertz CT molecular complexity index is 1960. The summed E-state index contributed by atoms with van der Waals surface area (Å²) in [5, 5.41) is 10.8. The summed E-state index contributed by atoms with van der Waals surface area (Å²) in [5.74, 6) is -0.119. The van der Waals surface area contributed by atoms with Crippen LogP contribution in [-0.4, -0.2) is 41.8 Å². The Morgan fingerprint density at radius 2 is 1.90 bits per heavy atom. The monoisotopic (exact) mass is 567 g/mol. The number of amides is 1. The first kappa shape index (κ1) is 26.5. The van der Waals surface area contributed by atoms with Gasteiger partial charge in [-0.25, -0.2) is 14.4 Å². The molecule has 0 aliphatic carbocycles. The third kappa shape index (κ3) is 5.23. The third-order valence-electron chi connectivity index (χ3n) is 6.51. The van der Waals surface area contributed by atoms with Crippen molar-refractivity contribution in [3.63, 3.8) is 0 Å². The molecule has 1 aromatic carbocycles. The highest BCUT2D eigenvalue weighted by molar-refractivity contribution is 7.17. The highest BCUT2D eigenvalue weighted by Gasteiger charge is 2.20. The number of ketones is 1. The van der Waals surface area contributed by atoms with Crippen molar-refractivity contribution in [3.05, 3.63) is 65.7 Å². The largest absolute Gasteiger partial charge is 0.335 e. The second-order valence-electron chi connectivity index (χ2n) is 11.1. The molecule has 0 spiro atoms. The summed E-state index contributed by atoms with van der Waals surface area (Å²) in [5.41, 5.74) is 4.22. The number of hydrogen-bond donors (Lipinski definition) is 3. The van der Waals surface area contributed by atoms with Gasteiger partial charge in [-0.1, -0.05) is 20.8 Å². The Hall–Kier alpha value is -4.77. The smallest absolute Gasteiger partial charge is 0.224 e. The molecule has 0 saturated carbocycles. The number of Topliss-reactive ketones (excluding diaryl/α,β-unsaturated/α-hetero) is 1. The molecule has 0 radical (unpaired) electrons. The molecule has 3 N–H and O–H groups in total. The van der Waals surface area contributed by atoms with Crippen LogP contribution >= 0.6 is 11.3 Å². The first-order chi connectivity index (χ1) is 19.6. The maximum absolute atomic E-state index is 15.3. The Morgan fingerprint density at radius 1 is 1.07 bits per heavy atom. The number of aromatic nitrogens is 6. The molecular formula is C30H26FN7O2S. The first-order valence-corrected chi connectivity index (χ1v) is 13.8. The molecule has 6 rings (SSSR count). The maximum atomic E-state index is 15.3. The molecule has 0 atom stereocenters. The van der Waals surface area contributed by atoms with Crippen molar-refractivity contribution in [1.29, 1.82) is 0 Å². The fraction of sp³-hybridized carbons (Fsp3) is 0.200. The summed E-state index contributed by atoms with van der Waals surface area (Å²) < 4.78 is 15.3. The lowest BCUT2D eigenvalue weighted by Gasteiger charge is -2.17. The van der Waals surface area contributed by atoms with Gasteiger partial charge in [0.1, 0.15) is 11.5 Å². The normalized spacial score (nSPS) is 11.8. The number of fused-ring (bicyclic) bond motifs is 2. The summed E-state index contributed by atoms with van der Waals surface area (Å²) in [6, 6.07) is 10.4. The van der Waals surface area contributed by atoms with Crippen molar-refractivity contribution in [3.8, 4) is 33.1 Å². The van der Waals surface area contributed by atoms with E-state index in [1.807, 2.05) is 39.0 Å². The number of benzene rings is 1. The SMILES string of the molecule is CC(=O)c1ccc(-c2ccnc3nc(-c4n[nH]c5cc(F)c(-c6cncc(NC(=O)CC(C)(C)C)c6)cc45)[nH]c23)s1. The van der Waals surface area contributed by atoms with Crippen molar-refractivity contribution >= 4 is 50.8 Å². The molecule has 41 heavy (non-hydrogen) atoms. The Kier molecular flexibility index (Phi) is 6.46. The van der Waals surface area contributed by atoms with Crippen molar-refractivity contribution in [2.45, 2.75) is 34.1 Å². The predicted octanol–water partition coefficient (Wildman–Crippen LogP) is 7.01.